The highest BCUT2D eigenvalue weighted by Gasteiger charge is 2.11. The Hall–Kier alpha value is -0.240. The van der Waals surface area contributed by atoms with Gasteiger partial charge in [-0.05, 0) is 5.92 Å². The zero-order chi connectivity index (χ0) is 11.5. The lowest BCUT2D eigenvalue weighted by Crippen LogP contribution is -2.05. The molecule has 1 aliphatic rings. The van der Waals surface area contributed by atoms with Crippen molar-refractivity contribution in [2.24, 2.45) is 5.92 Å². The minimum Gasteiger partial charge on any atom is -0.469 e. The third kappa shape index (κ3) is 11.7. The maximum atomic E-state index is 8.77. The first kappa shape index (κ1) is 14.8. The molecule has 0 aromatic rings. The molecule has 0 aromatic heterocycles. The van der Waals surface area contributed by atoms with Crippen molar-refractivity contribution in [3.8, 4) is 0 Å². The van der Waals surface area contributed by atoms with E-state index >= 15 is 0 Å². The Kier molecular flexibility index (Phi) is 10.1. The van der Waals surface area contributed by atoms with Gasteiger partial charge in [0.25, 0.3) is 0 Å². The summed E-state index contributed by atoms with van der Waals surface area (Å²) in [6.07, 6.45) is 13.4. The van der Waals surface area contributed by atoms with E-state index in [4.69, 9.17) is 9.90 Å². The highest BCUT2D eigenvalue weighted by atomic mass is 35.5. The highest BCUT2D eigenvalue weighted by molar-refractivity contribution is 6.60. The molecule has 0 bridgehead atoms. The van der Waals surface area contributed by atoms with Gasteiger partial charge in [-0.3, -0.25) is 0 Å². The molecule has 0 heterocycles. The topological polar surface area (TPSA) is 37.3 Å². The predicted octanol–water partition coefficient (Wildman–Crippen LogP) is 5.05. The van der Waals surface area contributed by atoms with Crippen LogP contribution in [0.5, 0.6) is 0 Å². The van der Waals surface area contributed by atoms with E-state index in [9.17, 15) is 0 Å². The number of carbonyl (C=O) groups is 1. The SMILES string of the molecule is CCCCCC1CCCCC1.O=C(O)Cl. The van der Waals surface area contributed by atoms with E-state index in [0.717, 1.165) is 5.92 Å². The number of hydrogen-bond acceptors (Lipinski definition) is 1. The molecule has 1 saturated carbocycles. The van der Waals surface area contributed by atoms with Gasteiger partial charge in [0.15, 0.2) is 0 Å². The van der Waals surface area contributed by atoms with Gasteiger partial charge < -0.3 is 5.11 Å². The lowest BCUT2D eigenvalue weighted by molar-refractivity contribution is 0.220. The molecule has 0 saturated heterocycles. The molecule has 0 aromatic carbocycles. The normalized spacial score (nSPS) is 16.7. The summed E-state index contributed by atoms with van der Waals surface area (Å²) in [6, 6.07) is 0. The van der Waals surface area contributed by atoms with E-state index in [2.05, 4.69) is 18.5 Å². The molecule has 0 aliphatic heterocycles. The smallest absolute Gasteiger partial charge is 0.401 e. The molecule has 15 heavy (non-hydrogen) atoms. The standard InChI is InChI=1S/C11H22.CHClO2/c1-2-3-5-8-11-9-6-4-7-10-11;2-1(3)4/h11H,2-10H2,1H3;(H,3,4). The van der Waals surface area contributed by atoms with Gasteiger partial charge in [0.05, 0.1) is 0 Å². The first-order valence-corrected chi connectivity index (χ1v) is 6.43. The third-order valence-electron chi connectivity index (χ3n) is 2.94. The molecule has 0 spiro atoms. The maximum Gasteiger partial charge on any atom is 0.401 e. The summed E-state index contributed by atoms with van der Waals surface area (Å²) in [6.45, 7) is 2.29. The Morgan fingerprint density at radius 2 is 1.80 bits per heavy atom. The molecule has 1 fully saturated rings. The molecule has 3 heteroatoms. The van der Waals surface area contributed by atoms with Gasteiger partial charge in [0.1, 0.15) is 0 Å². The van der Waals surface area contributed by atoms with E-state index in [0.29, 0.717) is 0 Å². The molecule has 0 radical (unpaired) electrons. The van der Waals surface area contributed by atoms with Crippen molar-refractivity contribution >= 4 is 17.0 Å². The molecule has 0 unspecified atom stereocenters. The Morgan fingerprint density at radius 3 is 2.27 bits per heavy atom. The zero-order valence-corrected chi connectivity index (χ0v) is 10.4. The van der Waals surface area contributed by atoms with Crippen molar-refractivity contribution in [1.29, 1.82) is 0 Å². The van der Waals surface area contributed by atoms with Crippen LogP contribution in [0.1, 0.15) is 64.7 Å². The molecule has 90 valence electrons. The van der Waals surface area contributed by atoms with Gasteiger partial charge in [-0.25, -0.2) is 4.79 Å². The summed E-state index contributed by atoms with van der Waals surface area (Å²) in [5, 5.41) is 7.18. The fraction of sp³-hybridized carbons (Fsp3) is 0.917. The predicted molar refractivity (Wildman–Crippen MR) is 64.6 cm³/mol. The summed E-state index contributed by atoms with van der Waals surface area (Å²) in [5.41, 5.74) is -1.36. The van der Waals surface area contributed by atoms with Crippen LogP contribution < -0.4 is 0 Å². The number of carboxylic acid groups (broad SMARTS) is 1. The van der Waals surface area contributed by atoms with Gasteiger partial charge in [-0.15, -0.1) is 0 Å². The molecule has 1 N–H and O–H groups in total. The second-order valence-corrected chi connectivity index (χ2v) is 4.58. The van der Waals surface area contributed by atoms with Gasteiger partial charge in [-0.2, -0.15) is 0 Å². The van der Waals surface area contributed by atoms with E-state index in [1.165, 1.54) is 57.8 Å². The second kappa shape index (κ2) is 10.3. The van der Waals surface area contributed by atoms with Crippen LogP contribution in [0, 0.1) is 5.92 Å². The van der Waals surface area contributed by atoms with E-state index in [1.807, 2.05) is 0 Å². The lowest BCUT2D eigenvalue weighted by atomic mass is 9.86. The van der Waals surface area contributed by atoms with E-state index in [1.54, 1.807) is 0 Å². The first-order valence-electron chi connectivity index (χ1n) is 6.05. The largest absolute Gasteiger partial charge is 0.469 e. The molecular formula is C12H23ClO2. The quantitative estimate of drug-likeness (QED) is 0.546. The summed E-state index contributed by atoms with van der Waals surface area (Å²) in [7, 11) is 0. The molecule has 0 amide bonds. The fourth-order valence-corrected chi connectivity index (χ4v) is 2.16. The van der Waals surface area contributed by atoms with Crippen molar-refractivity contribution < 1.29 is 9.90 Å². The van der Waals surface area contributed by atoms with Crippen LogP contribution in [0.25, 0.3) is 0 Å². The molecule has 0 atom stereocenters. The van der Waals surface area contributed by atoms with Crippen LogP contribution in [0.2, 0.25) is 0 Å². The fourth-order valence-electron chi connectivity index (χ4n) is 2.16. The van der Waals surface area contributed by atoms with Gasteiger partial charge in [0.2, 0.25) is 0 Å². The summed E-state index contributed by atoms with van der Waals surface area (Å²) in [4.78, 5) is 8.77. The molecule has 1 aliphatic carbocycles. The van der Waals surface area contributed by atoms with Gasteiger partial charge in [-0.1, -0.05) is 64.7 Å². The molecule has 1 rings (SSSR count). The molecule has 2 nitrogen and oxygen atoms in total. The second-order valence-electron chi connectivity index (χ2n) is 4.25. The van der Waals surface area contributed by atoms with Gasteiger partial charge >= 0.3 is 5.43 Å². The third-order valence-corrected chi connectivity index (χ3v) is 2.94. The minimum absolute atomic E-state index is 1.11. The Bertz CT molecular complexity index is 150. The number of halogens is 1. The lowest BCUT2D eigenvalue weighted by Gasteiger charge is -2.20. The van der Waals surface area contributed by atoms with Gasteiger partial charge in [0, 0.05) is 11.6 Å². The van der Waals surface area contributed by atoms with Crippen LogP contribution in [-0.2, 0) is 0 Å². The first-order chi connectivity index (χ1) is 7.16. The number of unbranched alkanes of at least 4 members (excludes halogenated alkanes) is 2. The summed E-state index contributed by atoms with van der Waals surface area (Å²) < 4.78 is 0. The van der Waals surface area contributed by atoms with Crippen molar-refractivity contribution in [2.45, 2.75) is 64.7 Å². The summed E-state index contributed by atoms with van der Waals surface area (Å²) in [5.74, 6) is 1.11. The number of hydrogen-bond donors (Lipinski definition) is 1. The minimum atomic E-state index is -1.36. The monoisotopic (exact) mass is 234 g/mol. The molecular weight excluding hydrogens is 212 g/mol. The van der Waals surface area contributed by atoms with Crippen LogP contribution in [0.4, 0.5) is 4.79 Å². The highest BCUT2D eigenvalue weighted by Crippen LogP contribution is 2.27. The maximum absolute atomic E-state index is 8.77. The average molecular weight is 235 g/mol. The Labute approximate surface area is 98.0 Å². The van der Waals surface area contributed by atoms with Crippen LogP contribution in [-0.4, -0.2) is 10.5 Å². The van der Waals surface area contributed by atoms with Crippen molar-refractivity contribution in [3.05, 3.63) is 0 Å². The summed E-state index contributed by atoms with van der Waals surface area (Å²) >= 11 is 4.19. The van der Waals surface area contributed by atoms with E-state index < -0.39 is 5.43 Å². The van der Waals surface area contributed by atoms with E-state index in [-0.39, 0.29) is 0 Å². The van der Waals surface area contributed by atoms with Crippen LogP contribution in [0.15, 0.2) is 0 Å². The zero-order valence-electron chi connectivity index (χ0n) is 9.67. The van der Waals surface area contributed by atoms with Crippen molar-refractivity contribution in [2.75, 3.05) is 0 Å². The Balaban J connectivity index is 0.000000423. The average Bonchev–Trinajstić information content (AvgIpc) is 2.19. The van der Waals surface area contributed by atoms with Crippen molar-refractivity contribution in [1.82, 2.24) is 0 Å². The number of rotatable bonds is 4. The van der Waals surface area contributed by atoms with Crippen LogP contribution in [0.3, 0.4) is 0 Å². The van der Waals surface area contributed by atoms with Crippen molar-refractivity contribution in [3.63, 3.8) is 0 Å². The van der Waals surface area contributed by atoms with Crippen LogP contribution >= 0.6 is 11.6 Å². The Morgan fingerprint density at radius 1 is 1.27 bits per heavy atom.